The van der Waals surface area contributed by atoms with Gasteiger partial charge in [-0.2, -0.15) is 0 Å². The van der Waals surface area contributed by atoms with Gasteiger partial charge in [-0.1, -0.05) is 0 Å². The minimum atomic E-state index is -3.08. The molecule has 0 unspecified atom stereocenters. The van der Waals surface area contributed by atoms with Crippen molar-refractivity contribution < 1.29 is 105 Å². The first kappa shape index (κ1) is 51.1. The van der Waals surface area contributed by atoms with Gasteiger partial charge in [0.1, 0.15) is 31.5 Å². The molecule has 0 spiro atoms. The lowest BCUT2D eigenvalue weighted by Crippen LogP contribution is -2.69. The molecule has 1 saturated heterocycles. The number of nitrogens with one attached hydrogen (secondary N) is 2. The molecule has 10 atom stereocenters. The van der Waals surface area contributed by atoms with Gasteiger partial charge >= 0.3 is 53.7 Å². The van der Waals surface area contributed by atoms with Gasteiger partial charge < -0.3 is 63.1 Å². The molecular weight excluding hydrogens is 800 g/mol. The van der Waals surface area contributed by atoms with Gasteiger partial charge in [0.15, 0.2) is 30.5 Å². The fourth-order valence-electron chi connectivity index (χ4n) is 5.83. The number of amides is 2. The van der Waals surface area contributed by atoms with E-state index in [2.05, 4.69) is 10.6 Å². The van der Waals surface area contributed by atoms with Crippen LogP contribution < -0.4 is 10.6 Å². The van der Waals surface area contributed by atoms with Gasteiger partial charge in [0.05, 0.1) is 19.1 Å². The van der Waals surface area contributed by atoms with Crippen LogP contribution in [0.5, 0.6) is 0 Å². The molecule has 0 radical (unpaired) electrons. The van der Waals surface area contributed by atoms with Gasteiger partial charge in [-0.05, 0) is 0 Å². The lowest BCUT2D eigenvalue weighted by Gasteiger charge is -2.48. The van der Waals surface area contributed by atoms with Crippen molar-refractivity contribution in [2.24, 2.45) is 0 Å². The Labute approximate surface area is 337 Å². The van der Waals surface area contributed by atoms with Gasteiger partial charge in [0.2, 0.25) is 11.8 Å². The molecule has 0 bridgehead atoms. The highest BCUT2D eigenvalue weighted by Gasteiger charge is 2.59. The van der Waals surface area contributed by atoms with E-state index in [1.54, 1.807) is 0 Å². The van der Waals surface area contributed by atoms with Gasteiger partial charge in [0.25, 0.3) is 5.79 Å². The zero-order valence-electron chi connectivity index (χ0n) is 34.0. The van der Waals surface area contributed by atoms with Gasteiger partial charge in [-0.3, -0.25) is 47.9 Å². The molecule has 332 valence electrons. The van der Waals surface area contributed by atoms with Crippen LogP contribution in [0.2, 0.25) is 0 Å². The fourth-order valence-corrected chi connectivity index (χ4v) is 5.83. The number of aliphatic carboxylic acids is 1. The van der Waals surface area contributed by atoms with Crippen molar-refractivity contribution in [1.82, 2.24) is 10.6 Å². The van der Waals surface area contributed by atoms with Crippen molar-refractivity contribution in [3.8, 4) is 0 Å². The topological polar surface area (TPSA) is 324 Å². The molecule has 1 heterocycles. The molecule has 3 N–H and O–H groups in total. The third-order valence-corrected chi connectivity index (χ3v) is 7.67. The Morgan fingerprint density at radius 1 is 0.593 bits per heavy atom. The van der Waals surface area contributed by atoms with Crippen molar-refractivity contribution in [2.45, 2.75) is 136 Å². The Kier molecular flexibility index (Phi) is 20.3. The number of carboxylic acid groups (broad SMARTS) is 1. The highest BCUT2D eigenvalue weighted by atomic mass is 16.7. The average Bonchev–Trinajstić information content (AvgIpc) is 3.07. The Bertz CT molecular complexity index is 1600. The van der Waals surface area contributed by atoms with E-state index < -0.39 is 152 Å². The fraction of sp³-hybridized carbons (Fsp3) is 0.686. The summed E-state index contributed by atoms with van der Waals surface area (Å²) in [7, 11) is 0. The van der Waals surface area contributed by atoms with Crippen LogP contribution in [0.4, 0.5) is 0 Å². The second kappa shape index (κ2) is 23.5. The first-order valence-corrected chi connectivity index (χ1v) is 17.7. The zero-order valence-corrected chi connectivity index (χ0v) is 34.0. The summed E-state index contributed by atoms with van der Waals surface area (Å²) in [5.41, 5.74) is 0. The van der Waals surface area contributed by atoms with Crippen molar-refractivity contribution in [1.29, 1.82) is 0 Å². The molecule has 24 heteroatoms. The smallest absolute Gasteiger partial charge is 0.364 e. The monoisotopic (exact) mass is 850 g/mol. The lowest BCUT2D eigenvalue weighted by atomic mass is 9.88. The molecule has 24 nitrogen and oxygen atoms in total. The molecular formula is C35H50N2O22. The molecule has 1 aliphatic rings. The number of ether oxygens (including phenoxy) is 10. The number of esters is 8. The third-order valence-electron chi connectivity index (χ3n) is 7.67. The number of hydrogen-bond donors (Lipinski definition) is 3. The van der Waals surface area contributed by atoms with Crippen LogP contribution >= 0.6 is 0 Å². The van der Waals surface area contributed by atoms with E-state index >= 15 is 0 Å². The number of carbonyl (C=O) groups excluding carboxylic acids is 10. The largest absolute Gasteiger partial charge is 0.477 e. The van der Waals surface area contributed by atoms with Crippen LogP contribution in [-0.2, 0) is 100 Å². The maximum Gasteiger partial charge on any atom is 0.364 e. The summed E-state index contributed by atoms with van der Waals surface area (Å²) < 4.78 is 54.2. The van der Waals surface area contributed by atoms with Crippen molar-refractivity contribution in [2.75, 3.05) is 19.8 Å². The number of carboxylic acids is 1. The molecule has 1 rings (SSSR count). The van der Waals surface area contributed by atoms with Crippen molar-refractivity contribution in [3.05, 3.63) is 0 Å². The van der Waals surface area contributed by atoms with E-state index in [4.69, 9.17) is 47.4 Å². The van der Waals surface area contributed by atoms with E-state index in [1.165, 1.54) is 0 Å². The molecule has 0 aromatic heterocycles. The van der Waals surface area contributed by atoms with Crippen LogP contribution in [0.3, 0.4) is 0 Å². The Hall–Kier alpha value is -5.91. The average molecular weight is 851 g/mol. The molecule has 0 saturated carbocycles. The van der Waals surface area contributed by atoms with Crippen LogP contribution in [0.15, 0.2) is 0 Å². The summed E-state index contributed by atoms with van der Waals surface area (Å²) in [5.74, 6) is -14.8. The summed E-state index contributed by atoms with van der Waals surface area (Å²) in [5, 5.41) is 15.6. The van der Waals surface area contributed by atoms with Crippen molar-refractivity contribution >= 4 is 65.5 Å². The molecule has 1 fully saturated rings. The van der Waals surface area contributed by atoms with Gasteiger partial charge in [0, 0.05) is 69.2 Å². The normalized spacial score (nSPS) is 21.5. The van der Waals surface area contributed by atoms with E-state index in [0.29, 0.717) is 0 Å². The van der Waals surface area contributed by atoms with E-state index in [1.807, 2.05) is 0 Å². The van der Waals surface area contributed by atoms with E-state index in [9.17, 15) is 57.8 Å². The minimum absolute atomic E-state index is 0.703. The predicted octanol–water partition coefficient (Wildman–Crippen LogP) is -1.70. The molecule has 0 aromatic carbocycles. The van der Waals surface area contributed by atoms with E-state index in [0.717, 1.165) is 69.2 Å². The highest BCUT2D eigenvalue weighted by molar-refractivity contribution is 5.77. The summed E-state index contributed by atoms with van der Waals surface area (Å²) in [4.78, 5) is 136. The quantitative estimate of drug-likeness (QED) is 0.0856. The predicted molar refractivity (Wildman–Crippen MR) is 188 cm³/mol. The summed E-state index contributed by atoms with van der Waals surface area (Å²) in [6, 6.07) is -3.14. The maximum atomic E-state index is 13.3. The standard InChI is InChI=1S/C35H50N2O22/c1-15(38)36-25(12-50-17(3)40)30(56-22(8)45)31(57-23(9)46)28(55-21(7)44)14-52-35(34(48)49)11-26(53-19(5)42)29(37-16(2)39)33(59-35)32(58-24(10)47)27(54-20(6)43)13-51-18(4)41/h25-33H,11-14H2,1-10H3,(H,36,38)(H,37,39)(H,48,49)/t25-,26-,27+,28+,29+,30+,31+,32+,33+,35+/m0/s1. The number of carbonyl (C=O) groups is 11. The molecule has 0 aliphatic carbocycles. The molecule has 0 aromatic rings. The van der Waals surface area contributed by atoms with Gasteiger partial charge in [-0.25, -0.2) is 4.79 Å². The first-order valence-electron chi connectivity index (χ1n) is 17.7. The van der Waals surface area contributed by atoms with Crippen LogP contribution in [0, 0.1) is 0 Å². The second-order valence-electron chi connectivity index (χ2n) is 13.0. The Morgan fingerprint density at radius 2 is 1.08 bits per heavy atom. The third kappa shape index (κ3) is 17.6. The second-order valence-corrected chi connectivity index (χ2v) is 13.0. The number of hydrogen-bond acceptors (Lipinski definition) is 21. The van der Waals surface area contributed by atoms with Crippen LogP contribution in [-0.4, -0.2) is 151 Å². The molecule has 1 aliphatic heterocycles. The van der Waals surface area contributed by atoms with Gasteiger partial charge in [-0.15, -0.1) is 0 Å². The van der Waals surface area contributed by atoms with Crippen LogP contribution in [0.1, 0.15) is 75.7 Å². The van der Waals surface area contributed by atoms with Crippen molar-refractivity contribution in [3.63, 3.8) is 0 Å². The molecule has 59 heavy (non-hydrogen) atoms. The first-order chi connectivity index (χ1) is 27.3. The summed E-state index contributed by atoms with van der Waals surface area (Å²) >= 11 is 0. The maximum absolute atomic E-state index is 13.3. The minimum Gasteiger partial charge on any atom is -0.477 e. The Morgan fingerprint density at radius 3 is 1.53 bits per heavy atom. The van der Waals surface area contributed by atoms with Crippen LogP contribution in [0.25, 0.3) is 0 Å². The number of rotatable bonds is 21. The lowest BCUT2D eigenvalue weighted by molar-refractivity contribution is -0.319. The summed E-state index contributed by atoms with van der Waals surface area (Å²) in [6.45, 7) is 6.87. The summed E-state index contributed by atoms with van der Waals surface area (Å²) in [6.07, 6.45) is -14.3. The highest BCUT2D eigenvalue weighted by Crippen LogP contribution is 2.37. The SMILES string of the molecule is CC(=O)N[C@H]1[C@H]([C@H](OC(C)=O)[C@@H](COC(C)=O)OC(C)=O)O[C@@](OC[C@@H](OC(C)=O)[C@@H](OC(C)=O)[C@H](OC(C)=O)[C@H](COC(C)=O)NC(C)=O)(C(=O)O)C[C@@H]1OC(C)=O. The zero-order chi connectivity index (χ0) is 45.4. The molecule has 2 amide bonds. The van der Waals surface area contributed by atoms with E-state index in [-0.39, 0.29) is 0 Å². The Balaban J connectivity index is 4.14.